The van der Waals surface area contributed by atoms with Crippen molar-refractivity contribution in [3.63, 3.8) is 0 Å². The van der Waals surface area contributed by atoms with E-state index in [1.54, 1.807) is 0 Å². The summed E-state index contributed by atoms with van der Waals surface area (Å²) >= 11 is 0. The molecular formula is C16H25NO2. The molecule has 0 amide bonds. The van der Waals surface area contributed by atoms with Gasteiger partial charge in [-0.15, -0.1) is 0 Å². The van der Waals surface area contributed by atoms with Crippen LogP contribution in [0.25, 0.3) is 0 Å². The molecule has 1 saturated carbocycles. The van der Waals surface area contributed by atoms with Gasteiger partial charge >= 0.3 is 0 Å². The molecule has 1 N–H and O–H groups in total. The van der Waals surface area contributed by atoms with E-state index >= 15 is 0 Å². The molecule has 1 aromatic carbocycles. The zero-order valence-electron chi connectivity index (χ0n) is 12.0. The lowest BCUT2D eigenvalue weighted by Crippen LogP contribution is -2.22. The Labute approximate surface area is 116 Å². The molecule has 0 spiro atoms. The number of nitrogens with one attached hydrogen (secondary N) is 1. The van der Waals surface area contributed by atoms with E-state index in [2.05, 4.69) is 30.4 Å². The topological polar surface area (TPSA) is 30.5 Å². The van der Waals surface area contributed by atoms with Gasteiger partial charge in [0.2, 0.25) is 0 Å². The van der Waals surface area contributed by atoms with Crippen LogP contribution in [-0.2, 0) is 4.74 Å². The van der Waals surface area contributed by atoms with Gasteiger partial charge in [-0.3, -0.25) is 0 Å². The van der Waals surface area contributed by atoms with E-state index in [1.165, 1.54) is 18.4 Å². The SMILES string of the molecule is CCNC(CCOCC)c1cccc(OC2CC2)c1. The van der Waals surface area contributed by atoms with Crippen LogP contribution in [0, 0.1) is 0 Å². The molecule has 0 bridgehead atoms. The molecule has 19 heavy (non-hydrogen) atoms. The molecule has 1 aromatic rings. The van der Waals surface area contributed by atoms with E-state index in [4.69, 9.17) is 9.47 Å². The Kier molecular flexibility index (Phi) is 5.67. The Bertz CT molecular complexity index is 377. The first kappa shape index (κ1) is 14.4. The van der Waals surface area contributed by atoms with Crippen molar-refractivity contribution in [2.24, 2.45) is 0 Å². The third-order valence-corrected chi connectivity index (χ3v) is 3.29. The maximum Gasteiger partial charge on any atom is 0.120 e. The lowest BCUT2D eigenvalue weighted by atomic mass is 10.0. The van der Waals surface area contributed by atoms with Gasteiger partial charge in [0.1, 0.15) is 5.75 Å². The zero-order valence-corrected chi connectivity index (χ0v) is 12.0. The van der Waals surface area contributed by atoms with E-state index in [9.17, 15) is 0 Å². The van der Waals surface area contributed by atoms with Crippen LogP contribution in [0.3, 0.4) is 0 Å². The molecule has 0 aliphatic heterocycles. The second-order valence-corrected chi connectivity index (χ2v) is 4.99. The summed E-state index contributed by atoms with van der Waals surface area (Å²) in [5.74, 6) is 0.999. The molecule has 1 aliphatic rings. The molecule has 0 radical (unpaired) electrons. The van der Waals surface area contributed by atoms with E-state index in [0.29, 0.717) is 12.1 Å². The van der Waals surface area contributed by atoms with Crippen LogP contribution in [0.4, 0.5) is 0 Å². The van der Waals surface area contributed by atoms with Gasteiger partial charge in [0.15, 0.2) is 0 Å². The predicted molar refractivity (Wildman–Crippen MR) is 77.6 cm³/mol. The van der Waals surface area contributed by atoms with Gasteiger partial charge in [-0.2, -0.15) is 0 Å². The monoisotopic (exact) mass is 263 g/mol. The maximum absolute atomic E-state index is 5.86. The number of hydrogen-bond acceptors (Lipinski definition) is 3. The van der Waals surface area contributed by atoms with Gasteiger partial charge in [-0.25, -0.2) is 0 Å². The Morgan fingerprint density at radius 1 is 1.32 bits per heavy atom. The summed E-state index contributed by atoms with van der Waals surface area (Å²) < 4.78 is 11.3. The van der Waals surface area contributed by atoms with Crippen molar-refractivity contribution < 1.29 is 9.47 Å². The van der Waals surface area contributed by atoms with Gasteiger partial charge in [-0.1, -0.05) is 19.1 Å². The van der Waals surface area contributed by atoms with Crippen molar-refractivity contribution in [3.8, 4) is 5.75 Å². The van der Waals surface area contributed by atoms with Crippen LogP contribution < -0.4 is 10.1 Å². The molecule has 1 unspecified atom stereocenters. The molecule has 3 nitrogen and oxygen atoms in total. The van der Waals surface area contributed by atoms with Crippen molar-refractivity contribution in [2.75, 3.05) is 19.8 Å². The van der Waals surface area contributed by atoms with Crippen molar-refractivity contribution in [2.45, 2.75) is 45.3 Å². The molecule has 0 heterocycles. The van der Waals surface area contributed by atoms with Crippen LogP contribution in [-0.4, -0.2) is 25.9 Å². The normalized spacial score (nSPS) is 16.3. The fraction of sp³-hybridized carbons (Fsp3) is 0.625. The number of rotatable bonds is 9. The quantitative estimate of drug-likeness (QED) is 0.693. The minimum atomic E-state index is 0.347. The standard InChI is InChI=1S/C16H25NO2/c1-3-17-16(10-11-18-4-2)13-6-5-7-15(12-13)19-14-8-9-14/h5-7,12,14,16-17H,3-4,8-11H2,1-2H3. The lowest BCUT2D eigenvalue weighted by Gasteiger charge is -2.19. The summed E-state index contributed by atoms with van der Waals surface area (Å²) in [6.45, 7) is 6.71. The van der Waals surface area contributed by atoms with Gasteiger partial charge in [-0.05, 0) is 50.4 Å². The zero-order chi connectivity index (χ0) is 13.5. The summed E-state index contributed by atoms with van der Waals surface area (Å²) in [7, 11) is 0. The average molecular weight is 263 g/mol. The summed E-state index contributed by atoms with van der Waals surface area (Å²) in [5.41, 5.74) is 1.29. The summed E-state index contributed by atoms with van der Waals surface area (Å²) in [5, 5.41) is 3.52. The maximum atomic E-state index is 5.86. The highest BCUT2D eigenvalue weighted by Crippen LogP contribution is 2.28. The van der Waals surface area contributed by atoms with E-state index in [-0.39, 0.29) is 0 Å². The van der Waals surface area contributed by atoms with Crippen molar-refractivity contribution in [1.29, 1.82) is 0 Å². The smallest absolute Gasteiger partial charge is 0.120 e. The summed E-state index contributed by atoms with van der Waals surface area (Å²) in [6.07, 6.45) is 3.85. The fourth-order valence-electron chi connectivity index (χ4n) is 2.16. The Morgan fingerprint density at radius 2 is 2.16 bits per heavy atom. The molecule has 3 heteroatoms. The van der Waals surface area contributed by atoms with Crippen LogP contribution in [0.5, 0.6) is 5.75 Å². The van der Waals surface area contributed by atoms with Gasteiger partial charge < -0.3 is 14.8 Å². The summed E-state index contributed by atoms with van der Waals surface area (Å²) in [4.78, 5) is 0. The second-order valence-electron chi connectivity index (χ2n) is 4.99. The first-order chi connectivity index (χ1) is 9.33. The van der Waals surface area contributed by atoms with Crippen LogP contribution >= 0.6 is 0 Å². The predicted octanol–water partition coefficient (Wildman–Crippen LogP) is 3.31. The Balaban J connectivity index is 1.97. The molecular weight excluding hydrogens is 238 g/mol. The molecule has 1 atom stereocenters. The number of ether oxygens (including phenoxy) is 2. The van der Waals surface area contributed by atoms with Crippen LogP contribution in [0.15, 0.2) is 24.3 Å². The first-order valence-corrected chi connectivity index (χ1v) is 7.41. The van der Waals surface area contributed by atoms with Crippen LogP contribution in [0.1, 0.15) is 44.7 Å². The van der Waals surface area contributed by atoms with Gasteiger partial charge in [0.25, 0.3) is 0 Å². The van der Waals surface area contributed by atoms with Crippen molar-refractivity contribution >= 4 is 0 Å². The van der Waals surface area contributed by atoms with Gasteiger partial charge in [0.05, 0.1) is 6.10 Å². The molecule has 0 aromatic heterocycles. The third kappa shape index (κ3) is 4.84. The first-order valence-electron chi connectivity index (χ1n) is 7.41. The highest BCUT2D eigenvalue weighted by molar-refractivity contribution is 5.31. The second kappa shape index (κ2) is 7.51. The van der Waals surface area contributed by atoms with E-state index in [0.717, 1.165) is 31.9 Å². The summed E-state index contributed by atoms with van der Waals surface area (Å²) in [6, 6.07) is 8.81. The van der Waals surface area contributed by atoms with Gasteiger partial charge in [0, 0.05) is 19.3 Å². The molecule has 1 aliphatic carbocycles. The van der Waals surface area contributed by atoms with Crippen molar-refractivity contribution in [1.82, 2.24) is 5.32 Å². The molecule has 0 saturated heterocycles. The largest absolute Gasteiger partial charge is 0.490 e. The Hall–Kier alpha value is -1.06. The average Bonchev–Trinajstić information content (AvgIpc) is 3.22. The van der Waals surface area contributed by atoms with E-state index < -0.39 is 0 Å². The number of benzene rings is 1. The molecule has 1 fully saturated rings. The highest BCUT2D eigenvalue weighted by Gasteiger charge is 2.23. The Morgan fingerprint density at radius 3 is 2.84 bits per heavy atom. The third-order valence-electron chi connectivity index (χ3n) is 3.29. The minimum absolute atomic E-state index is 0.347. The highest BCUT2D eigenvalue weighted by atomic mass is 16.5. The van der Waals surface area contributed by atoms with Crippen molar-refractivity contribution in [3.05, 3.63) is 29.8 Å². The fourth-order valence-corrected chi connectivity index (χ4v) is 2.16. The van der Waals surface area contributed by atoms with Crippen LogP contribution in [0.2, 0.25) is 0 Å². The lowest BCUT2D eigenvalue weighted by molar-refractivity contribution is 0.136. The molecule has 106 valence electrons. The van der Waals surface area contributed by atoms with E-state index in [1.807, 2.05) is 13.0 Å². The molecule has 2 rings (SSSR count). The minimum Gasteiger partial charge on any atom is -0.490 e. The number of hydrogen-bond donors (Lipinski definition) is 1.